The number of hydrazone groups is 1. The van der Waals surface area contributed by atoms with Crippen molar-refractivity contribution >= 4 is 35.2 Å². The van der Waals surface area contributed by atoms with Gasteiger partial charge >= 0.3 is 0 Å². The van der Waals surface area contributed by atoms with Gasteiger partial charge in [-0.05, 0) is 70.8 Å². The summed E-state index contributed by atoms with van der Waals surface area (Å²) < 4.78 is 5.89. The highest BCUT2D eigenvalue weighted by Crippen LogP contribution is 2.37. The molecule has 0 N–H and O–H groups in total. The van der Waals surface area contributed by atoms with Crippen molar-refractivity contribution < 1.29 is 4.42 Å². The number of nitrogens with zero attached hydrogens (tertiary/aromatic N) is 4. The predicted molar refractivity (Wildman–Crippen MR) is 175 cm³/mol. The van der Waals surface area contributed by atoms with Crippen LogP contribution in [0, 0.1) is 0 Å². The lowest BCUT2D eigenvalue weighted by molar-refractivity contribution is 0.584. The molecular weight excluding hydrogens is 552 g/mol. The molecule has 208 valence electrons. The second-order valence-electron chi connectivity index (χ2n) is 10.4. The van der Waals surface area contributed by atoms with Crippen LogP contribution in [0.4, 0.5) is 5.69 Å². The van der Waals surface area contributed by atoms with E-state index in [0.29, 0.717) is 11.8 Å². The third-order valence-electron chi connectivity index (χ3n) is 7.50. The van der Waals surface area contributed by atoms with Gasteiger partial charge in [-0.1, -0.05) is 109 Å². The first-order valence-corrected chi connectivity index (χ1v) is 14.5. The number of rotatable bonds is 7. The van der Waals surface area contributed by atoms with Crippen molar-refractivity contribution in [1.29, 1.82) is 0 Å². The van der Waals surface area contributed by atoms with Crippen molar-refractivity contribution in [2.24, 2.45) is 5.10 Å². The predicted octanol–water partition coefficient (Wildman–Crippen LogP) is 9.58. The van der Waals surface area contributed by atoms with Crippen molar-refractivity contribution in [2.45, 2.75) is 12.5 Å². The highest BCUT2D eigenvalue weighted by molar-refractivity contribution is 6.30. The average Bonchev–Trinajstić information content (AvgIpc) is 3.75. The number of aromatic nitrogens is 2. The standard InChI is InChI=1S/C37H27ClN4O/c38-32-21-19-28(20-22-32)34-25-35(29-7-3-1-4-8-29)42(41-34)33-23-15-27(16-24-33)12-11-26-13-17-31(18-14-26)37-40-39-36(43-37)30-9-5-2-6-10-30/h1-24,35H,25H2/b12-11+/t35-/m0/s1. The fourth-order valence-electron chi connectivity index (χ4n) is 5.20. The summed E-state index contributed by atoms with van der Waals surface area (Å²) in [6, 6.07) is 45.0. The molecule has 5 aromatic carbocycles. The van der Waals surface area contributed by atoms with Crippen molar-refractivity contribution in [1.82, 2.24) is 10.2 Å². The molecule has 0 saturated carbocycles. The highest BCUT2D eigenvalue weighted by Gasteiger charge is 2.29. The maximum atomic E-state index is 6.14. The molecule has 1 aliphatic rings. The lowest BCUT2D eigenvalue weighted by atomic mass is 9.98. The van der Waals surface area contributed by atoms with Crippen LogP contribution < -0.4 is 5.01 Å². The summed E-state index contributed by atoms with van der Waals surface area (Å²) in [5, 5.41) is 16.3. The first kappa shape index (κ1) is 26.6. The summed E-state index contributed by atoms with van der Waals surface area (Å²) in [7, 11) is 0. The van der Waals surface area contributed by atoms with E-state index in [1.165, 1.54) is 5.56 Å². The summed E-state index contributed by atoms with van der Waals surface area (Å²) >= 11 is 6.14. The second kappa shape index (κ2) is 11.9. The Labute approximate surface area is 255 Å². The van der Waals surface area contributed by atoms with Crippen molar-refractivity contribution in [3.05, 3.63) is 161 Å². The van der Waals surface area contributed by atoms with Crippen molar-refractivity contribution in [2.75, 3.05) is 5.01 Å². The van der Waals surface area contributed by atoms with Gasteiger partial charge in [-0.15, -0.1) is 10.2 Å². The molecule has 0 spiro atoms. The Balaban J connectivity index is 1.07. The Morgan fingerprint density at radius 2 is 1.14 bits per heavy atom. The zero-order chi connectivity index (χ0) is 29.0. The van der Waals surface area contributed by atoms with Crippen LogP contribution in [-0.4, -0.2) is 15.9 Å². The molecule has 0 unspecified atom stereocenters. The minimum absolute atomic E-state index is 0.120. The Morgan fingerprint density at radius 1 is 0.605 bits per heavy atom. The number of halogens is 1. The third kappa shape index (κ3) is 5.89. The van der Waals surface area contributed by atoms with E-state index in [9.17, 15) is 0 Å². The molecule has 0 saturated heterocycles. The molecule has 6 heteroatoms. The van der Waals surface area contributed by atoms with Gasteiger partial charge in [-0.2, -0.15) is 5.10 Å². The Morgan fingerprint density at radius 3 is 1.77 bits per heavy atom. The van der Waals surface area contributed by atoms with Gasteiger partial charge in [0.05, 0.1) is 17.4 Å². The Hall–Kier alpha value is -5.26. The molecule has 0 aliphatic carbocycles. The van der Waals surface area contributed by atoms with Crippen molar-refractivity contribution in [3.63, 3.8) is 0 Å². The minimum Gasteiger partial charge on any atom is -0.416 e. The first-order chi connectivity index (χ1) is 21.2. The summed E-state index contributed by atoms with van der Waals surface area (Å²) in [6.07, 6.45) is 5.03. The van der Waals surface area contributed by atoms with Crippen molar-refractivity contribution in [3.8, 4) is 22.9 Å². The summed E-state index contributed by atoms with van der Waals surface area (Å²) in [6.45, 7) is 0. The highest BCUT2D eigenvalue weighted by atomic mass is 35.5. The van der Waals surface area contributed by atoms with Crippen LogP contribution in [0.15, 0.2) is 143 Å². The first-order valence-electron chi connectivity index (χ1n) is 14.1. The molecule has 5 nitrogen and oxygen atoms in total. The summed E-state index contributed by atoms with van der Waals surface area (Å²) in [5.41, 5.74) is 8.40. The molecule has 2 heterocycles. The topological polar surface area (TPSA) is 54.5 Å². The lowest BCUT2D eigenvalue weighted by Crippen LogP contribution is -2.18. The molecule has 0 bridgehead atoms. The maximum absolute atomic E-state index is 6.14. The van der Waals surface area contributed by atoms with Crippen LogP contribution in [0.25, 0.3) is 35.1 Å². The number of hydrogen-bond donors (Lipinski definition) is 0. The molecule has 1 atom stereocenters. The minimum atomic E-state index is 0.120. The van der Waals surface area contributed by atoms with E-state index in [0.717, 1.165) is 50.7 Å². The van der Waals surface area contributed by atoms with E-state index in [1.807, 2.05) is 84.9 Å². The fraction of sp³-hybridized carbons (Fsp3) is 0.0541. The van der Waals surface area contributed by atoms with Crippen LogP contribution in [0.5, 0.6) is 0 Å². The van der Waals surface area contributed by atoms with Gasteiger partial charge in [0.25, 0.3) is 0 Å². The molecule has 7 rings (SSSR count). The second-order valence-corrected chi connectivity index (χ2v) is 10.8. The van der Waals surface area contributed by atoms with Gasteiger partial charge in [-0.25, -0.2) is 0 Å². The Bertz CT molecular complexity index is 1880. The average molecular weight is 579 g/mol. The summed E-state index contributed by atoms with van der Waals surface area (Å²) in [5.74, 6) is 1.02. The smallest absolute Gasteiger partial charge is 0.248 e. The van der Waals surface area contributed by atoms with E-state index in [-0.39, 0.29) is 6.04 Å². The number of hydrogen-bond acceptors (Lipinski definition) is 5. The molecule has 1 aromatic heterocycles. The van der Waals surface area contributed by atoms with E-state index in [1.54, 1.807) is 0 Å². The number of anilines is 1. The zero-order valence-electron chi connectivity index (χ0n) is 23.2. The molecule has 0 amide bonds. The van der Waals surface area contributed by atoms with Crippen LogP contribution >= 0.6 is 11.6 Å². The monoisotopic (exact) mass is 578 g/mol. The van der Waals surface area contributed by atoms with Gasteiger partial charge in [0.15, 0.2) is 0 Å². The third-order valence-corrected chi connectivity index (χ3v) is 7.75. The van der Waals surface area contributed by atoms with E-state index in [4.69, 9.17) is 21.1 Å². The normalized spacial score (nSPS) is 14.8. The number of benzene rings is 5. The van der Waals surface area contributed by atoms with E-state index in [2.05, 4.69) is 75.9 Å². The molecule has 1 aliphatic heterocycles. The van der Waals surface area contributed by atoms with Gasteiger partial charge in [0.2, 0.25) is 11.8 Å². The van der Waals surface area contributed by atoms with E-state index < -0.39 is 0 Å². The molecule has 6 aromatic rings. The largest absolute Gasteiger partial charge is 0.416 e. The van der Waals surface area contributed by atoms with Crippen LogP contribution in [-0.2, 0) is 0 Å². The SMILES string of the molecule is Clc1ccc(C2=NN(c3ccc(/C=C/c4ccc(-c5nnc(-c6ccccc6)o5)cc4)cc3)[C@H](c3ccccc3)C2)cc1. The zero-order valence-corrected chi connectivity index (χ0v) is 24.0. The molecule has 0 fully saturated rings. The molecular formula is C37H27ClN4O. The van der Waals surface area contributed by atoms with Crippen LogP contribution in [0.3, 0.4) is 0 Å². The quantitative estimate of drug-likeness (QED) is 0.177. The fourth-order valence-corrected chi connectivity index (χ4v) is 5.33. The molecule has 43 heavy (non-hydrogen) atoms. The van der Waals surface area contributed by atoms with Gasteiger partial charge in [0, 0.05) is 22.6 Å². The lowest BCUT2D eigenvalue weighted by Gasteiger charge is -2.24. The summed E-state index contributed by atoms with van der Waals surface area (Å²) in [4.78, 5) is 0. The van der Waals surface area contributed by atoms with Crippen LogP contribution in [0.1, 0.15) is 34.7 Å². The van der Waals surface area contributed by atoms with Gasteiger partial charge in [-0.3, -0.25) is 5.01 Å². The van der Waals surface area contributed by atoms with E-state index >= 15 is 0 Å². The van der Waals surface area contributed by atoms with Gasteiger partial charge in [0.1, 0.15) is 0 Å². The maximum Gasteiger partial charge on any atom is 0.248 e. The van der Waals surface area contributed by atoms with Gasteiger partial charge < -0.3 is 4.42 Å². The Kier molecular flexibility index (Phi) is 7.38. The molecule has 0 radical (unpaired) electrons. The van der Waals surface area contributed by atoms with Crippen LogP contribution in [0.2, 0.25) is 5.02 Å².